The maximum atomic E-state index is 12.9. The van der Waals surface area contributed by atoms with Crippen molar-refractivity contribution >= 4 is 0 Å². The summed E-state index contributed by atoms with van der Waals surface area (Å²) in [6, 6.07) is 1.53. The normalized spacial score (nSPS) is 19.9. The lowest BCUT2D eigenvalue weighted by Gasteiger charge is -2.22. The topological polar surface area (TPSA) is 38.0 Å². The molecule has 1 aromatic rings. The third kappa shape index (κ3) is 1.56. The molecule has 2 rings (SSSR count). The van der Waals surface area contributed by atoms with Gasteiger partial charge in [0, 0.05) is 18.7 Å². The van der Waals surface area contributed by atoms with Gasteiger partial charge in [-0.2, -0.15) is 5.10 Å². The fourth-order valence-electron chi connectivity index (χ4n) is 1.55. The number of rotatable bonds is 1. The van der Waals surface area contributed by atoms with Crippen LogP contribution in [0, 0.1) is 0 Å². The second-order valence-corrected chi connectivity index (χ2v) is 3.29. The zero-order chi connectivity index (χ0) is 9.47. The van der Waals surface area contributed by atoms with E-state index in [0.717, 1.165) is 0 Å². The summed E-state index contributed by atoms with van der Waals surface area (Å²) in [7, 11) is 0. The van der Waals surface area contributed by atoms with E-state index >= 15 is 0 Å². The van der Waals surface area contributed by atoms with Crippen LogP contribution < -0.4 is 0 Å². The summed E-state index contributed by atoms with van der Waals surface area (Å²) in [5, 5.41) is 12.7. The molecule has 5 heteroatoms. The molecule has 0 fully saturated rings. The minimum Gasteiger partial charge on any atom is -0.390 e. The fourth-order valence-corrected chi connectivity index (χ4v) is 1.55. The molecule has 1 N–H and O–H groups in total. The smallest absolute Gasteiger partial charge is 0.255 e. The standard InChI is InChI=1S/C8H10F2N2O/c9-8(10)1-2-12-7(4-8)3-6(5-13)11-12/h3,13H,1-2,4-5H2. The van der Waals surface area contributed by atoms with E-state index in [9.17, 15) is 8.78 Å². The molecule has 0 saturated heterocycles. The van der Waals surface area contributed by atoms with Crippen molar-refractivity contribution in [1.29, 1.82) is 0 Å². The Labute approximate surface area is 74.0 Å². The highest BCUT2D eigenvalue weighted by Gasteiger charge is 2.34. The van der Waals surface area contributed by atoms with Gasteiger partial charge in [-0.1, -0.05) is 0 Å². The van der Waals surface area contributed by atoms with E-state index in [0.29, 0.717) is 11.4 Å². The SMILES string of the molecule is OCc1cc2n(n1)CCC(F)(F)C2. The lowest BCUT2D eigenvalue weighted by molar-refractivity contribution is -0.0243. The number of aromatic nitrogens is 2. The Morgan fingerprint density at radius 3 is 3.08 bits per heavy atom. The molecule has 2 heterocycles. The van der Waals surface area contributed by atoms with Gasteiger partial charge in [0.15, 0.2) is 0 Å². The molecule has 1 aromatic heterocycles. The number of aryl methyl sites for hydroxylation is 1. The second kappa shape index (κ2) is 2.77. The van der Waals surface area contributed by atoms with Crippen LogP contribution in [0.15, 0.2) is 6.07 Å². The molecule has 0 amide bonds. The summed E-state index contributed by atoms with van der Waals surface area (Å²) in [4.78, 5) is 0. The van der Waals surface area contributed by atoms with Crippen LogP contribution in [-0.2, 0) is 19.6 Å². The molecule has 0 bridgehead atoms. The number of aliphatic hydroxyl groups is 1. The number of fused-ring (bicyclic) bond motifs is 1. The van der Waals surface area contributed by atoms with Gasteiger partial charge in [-0.15, -0.1) is 0 Å². The lowest BCUT2D eigenvalue weighted by atomic mass is 10.1. The van der Waals surface area contributed by atoms with Gasteiger partial charge in [0.2, 0.25) is 0 Å². The van der Waals surface area contributed by atoms with E-state index in [1.807, 2.05) is 0 Å². The van der Waals surface area contributed by atoms with E-state index in [1.165, 1.54) is 6.07 Å². The molecule has 0 saturated carbocycles. The average Bonchev–Trinajstić information content (AvgIpc) is 2.44. The summed E-state index contributed by atoms with van der Waals surface area (Å²) in [5.74, 6) is -2.61. The Hall–Kier alpha value is -0.970. The third-order valence-corrected chi connectivity index (χ3v) is 2.21. The Kier molecular flexibility index (Phi) is 1.83. The van der Waals surface area contributed by atoms with Gasteiger partial charge in [0.1, 0.15) is 0 Å². The number of hydrogen-bond acceptors (Lipinski definition) is 2. The quantitative estimate of drug-likeness (QED) is 0.712. The maximum absolute atomic E-state index is 12.9. The molecule has 1 aliphatic heterocycles. The van der Waals surface area contributed by atoms with E-state index in [-0.39, 0.29) is 26.0 Å². The van der Waals surface area contributed by atoms with Crippen LogP contribution in [-0.4, -0.2) is 20.8 Å². The van der Waals surface area contributed by atoms with E-state index in [1.54, 1.807) is 4.68 Å². The molecule has 3 nitrogen and oxygen atoms in total. The van der Waals surface area contributed by atoms with Crippen LogP contribution in [0.25, 0.3) is 0 Å². The summed E-state index contributed by atoms with van der Waals surface area (Å²) in [5.41, 5.74) is 0.980. The number of alkyl halides is 2. The summed E-state index contributed by atoms with van der Waals surface area (Å²) in [6.07, 6.45) is -0.424. The zero-order valence-corrected chi connectivity index (χ0v) is 7.00. The average molecular weight is 188 g/mol. The zero-order valence-electron chi connectivity index (χ0n) is 7.00. The Morgan fingerprint density at radius 2 is 2.38 bits per heavy atom. The van der Waals surface area contributed by atoms with Crippen molar-refractivity contribution in [2.24, 2.45) is 0 Å². The first-order chi connectivity index (χ1) is 6.11. The first kappa shape index (κ1) is 8.62. The Morgan fingerprint density at radius 1 is 1.62 bits per heavy atom. The van der Waals surface area contributed by atoms with Crippen LogP contribution in [0.2, 0.25) is 0 Å². The molecule has 72 valence electrons. The number of hydrogen-bond donors (Lipinski definition) is 1. The summed E-state index contributed by atoms with van der Waals surface area (Å²) < 4.78 is 27.3. The van der Waals surface area contributed by atoms with Crippen molar-refractivity contribution in [3.8, 4) is 0 Å². The monoisotopic (exact) mass is 188 g/mol. The minimum absolute atomic E-state index is 0.160. The molecule has 1 aliphatic rings. The van der Waals surface area contributed by atoms with Crippen molar-refractivity contribution < 1.29 is 13.9 Å². The van der Waals surface area contributed by atoms with Gasteiger partial charge < -0.3 is 5.11 Å². The van der Waals surface area contributed by atoms with Gasteiger partial charge in [-0.3, -0.25) is 4.68 Å². The first-order valence-corrected chi connectivity index (χ1v) is 4.15. The summed E-state index contributed by atoms with van der Waals surface area (Å²) >= 11 is 0. The minimum atomic E-state index is -2.61. The number of halogens is 2. The predicted molar refractivity (Wildman–Crippen MR) is 41.4 cm³/mol. The van der Waals surface area contributed by atoms with Crippen LogP contribution in [0.3, 0.4) is 0 Å². The third-order valence-electron chi connectivity index (χ3n) is 2.21. The largest absolute Gasteiger partial charge is 0.390 e. The highest BCUT2D eigenvalue weighted by Crippen LogP contribution is 2.29. The molecular formula is C8H10F2N2O. The van der Waals surface area contributed by atoms with Crippen molar-refractivity contribution in [3.05, 3.63) is 17.5 Å². The maximum Gasteiger partial charge on any atom is 0.255 e. The van der Waals surface area contributed by atoms with Crippen LogP contribution >= 0.6 is 0 Å². The van der Waals surface area contributed by atoms with Crippen molar-refractivity contribution in [2.75, 3.05) is 0 Å². The van der Waals surface area contributed by atoms with E-state index in [4.69, 9.17) is 5.11 Å². The Bertz CT molecular complexity index is 322. The van der Waals surface area contributed by atoms with Gasteiger partial charge in [-0.25, -0.2) is 8.78 Å². The van der Waals surface area contributed by atoms with Crippen molar-refractivity contribution in [2.45, 2.75) is 31.9 Å². The fraction of sp³-hybridized carbons (Fsp3) is 0.625. The molecule has 0 aliphatic carbocycles. The van der Waals surface area contributed by atoms with Gasteiger partial charge in [0.25, 0.3) is 5.92 Å². The van der Waals surface area contributed by atoms with Gasteiger partial charge >= 0.3 is 0 Å². The number of nitrogens with zero attached hydrogens (tertiary/aromatic N) is 2. The molecule has 0 atom stereocenters. The molecule has 0 unspecified atom stereocenters. The highest BCUT2D eigenvalue weighted by atomic mass is 19.3. The van der Waals surface area contributed by atoms with E-state index < -0.39 is 5.92 Å². The van der Waals surface area contributed by atoms with Crippen molar-refractivity contribution in [3.63, 3.8) is 0 Å². The van der Waals surface area contributed by atoms with Crippen molar-refractivity contribution in [1.82, 2.24) is 9.78 Å². The lowest BCUT2D eigenvalue weighted by Crippen LogP contribution is -2.29. The highest BCUT2D eigenvalue weighted by molar-refractivity contribution is 5.13. The molecule has 0 radical (unpaired) electrons. The van der Waals surface area contributed by atoms with E-state index in [2.05, 4.69) is 5.10 Å². The Balaban J connectivity index is 2.30. The molecular weight excluding hydrogens is 178 g/mol. The summed E-state index contributed by atoms with van der Waals surface area (Å²) in [6.45, 7) is 0.0495. The van der Waals surface area contributed by atoms with Crippen LogP contribution in [0.4, 0.5) is 8.78 Å². The van der Waals surface area contributed by atoms with Gasteiger partial charge in [0.05, 0.1) is 18.7 Å². The second-order valence-electron chi connectivity index (χ2n) is 3.29. The van der Waals surface area contributed by atoms with Gasteiger partial charge in [-0.05, 0) is 6.07 Å². The predicted octanol–water partition coefficient (Wildman–Crippen LogP) is 0.957. The van der Waals surface area contributed by atoms with Crippen LogP contribution in [0.1, 0.15) is 17.8 Å². The molecule has 0 spiro atoms. The molecule has 13 heavy (non-hydrogen) atoms. The van der Waals surface area contributed by atoms with Crippen LogP contribution in [0.5, 0.6) is 0 Å². The first-order valence-electron chi connectivity index (χ1n) is 4.15. The number of aliphatic hydroxyl groups excluding tert-OH is 1. The molecule has 0 aromatic carbocycles.